The van der Waals surface area contributed by atoms with Gasteiger partial charge in [-0.2, -0.15) is 0 Å². The van der Waals surface area contributed by atoms with Gasteiger partial charge in [0.2, 0.25) is 0 Å². The van der Waals surface area contributed by atoms with E-state index in [1.807, 2.05) is 24.4 Å². The van der Waals surface area contributed by atoms with Crippen LogP contribution in [0.25, 0.3) is 10.9 Å². The monoisotopic (exact) mass is 384 g/mol. The van der Waals surface area contributed by atoms with E-state index in [1.165, 1.54) is 38.5 Å². The molecule has 0 aliphatic heterocycles. The number of fused-ring (bicyclic) bond motifs is 1. The SMILES string of the molecule is CC(C)O.CC/C=C/NC1CCC1.c1cnc2c(OC3CCC3)cccc2c1. The Hall–Kier alpha value is -2.07. The molecule has 0 bridgehead atoms. The molecule has 1 heterocycles. The van der Waals surface area contributed by atoms with Crippen molar-refractivity contribution in [3.8, 4) is 5.75 Å². The van der Waals surface area contributed by atoms with Gasteiger partial charge in [0.05, 0.1) is 6.10 Å². The first-order valence-electron chi connectivity index (χ1n) is 10.7. The second-order valence-electron chi connectivity index (χ2n) is 7.70. The van der Waals surface area contributed by atoms with E-state index in [2.05, 4.69) is 41.6 Å². The normalized spacial score (nSPS) is 16.5. The van der Waals surface area contributed by atoms with Crippen molar-refractivity contribution in [3.05, 3.63) is 48.8 Å². The second-order valence-corrected chi connectivity index (χ2v) is 7.70. The molecule has 1 aromatic carbocycles. The number of aliphatic hydroxyl groups is 1. The van der Waals surface area contributed by atoms with E-state index in [9.17, 15) is 0 Å². The molecule has 2 fully saturated rings. The lowest BCUT2D eigenvalue weighted by molar-refractivity contribution is 0.122. The van der Waals surface area contributed by atoms with Gasteiger partial charge < -0.3 is 15.2 Å². The lowest BCUT2D eigenvalue weighted by Crippen LogP contribution is -2.30. The van der Waals surface area contributed by atoms with Gasteiger partial charge in [0.25, 0.3) is 0 Å². The van der Waals surface area contributed by atoms with E-state index in [1.54, 1.807) is 13.8 Å². The van der Waals surface area contributed by atoms with Gasteiger partial charge in [-0.15, -0.1) is 0 Å². The van der Waals surface area contributed by atoms with Gasteiger partial charge in [-0.3, -0.25) is 4.98 Å². The number of hydrogen-bond donors (Lipinski definition) is 2. The fourth-order valence-corrected chi connectivity index (χ4v) is 2.74. The standard InChI is InChI=1S/C13H13NO.C8H15N.C3H8O/c1-4-10-5-3-9-14-13(10)12(8-1)15-11-6-2-7-11;1-2-3-7-9-8-5-4-6-8;1-3(2)4/h1,3-5,8-9,11H,2,6-7H2;3,7-9H,2,4-6H2,1H3;3-4H,1-2H3/b;7-3+;. The Bertz CT molecular complexity index is 699. The van der Waals surface area contributed by atoms with Crippen LogP contribution in [-0.4, -0.2) is 28.3 Å². The summed E-state index contributed by atoms with van der Waals surface area (Å²) in [6.07, 6.45) is 15.3. The summed E-state index contributed by atoms with van der Waals surface area (Å²) in [6, 6.07) is 10.9. The summed E-state index contributed by atoms with van der Waals surface area (Å²) in [6.45, 7) is 5.60. The van der Waals surface area contributed by atoms with Crippen LogP contribution in [0.3, 0.4) is 0 Å². The molecule has 1 aromatic heterocycles. The first-order chi connectivity index (χ1) is 13.6. The zero-order valence-electron chi connectivity index (χ0n) is 17.6. The molecule has 0 saturated heterocycles. The molecule has 4 nitrogen and oxygen atoms in total. The minimum atomic E-state index is -0.167. The number of aliphatic hydroxyl groups excluding tert-OH is 1. The number of aromatic nitrogens is 1. The zero-order valence-corrected chi connectivity index (χ0v) is 17.6. The van der Waals surface area contributed by atoms with Crippen LogP contribution >= 0.6 is 0 Å². The Morgan fingerprint density at radius 2 is 1.82 bits per heavy atom. The number of para-hydroxylation sites is 1. The number of pyridine rings is 1. The van der Waals surface area contributed by atoms with Crippen LogP contribution in [0.2, 0.25) is 0 Å². The first-order valence-corrected chi connectivity index (χ1v) is 10.7. The van der Waals surface area contributed by atoms with Crippen molar-refractivity contribution >= 4 is 10.9 Å². The summed E-state index contributed by atoms with van der Waals surface area (Å²) in [4.78, 5) is 4.37. The van der Waals surface area contributed by atoms with Crippen molar-refractivity contribution in [2.24, 2.45) is 0 Å². The van der Waals surface area contributed by atoms with Crippen LogP contribution in [0.15, 0.2) is 48.8 Å². The molecule has 2 saturated carbocycles. The molecular formula is C24H36N2O2. The summed E-state index contributed by atoms with van der Waals surface area (Å²) < 4.78 is 5.90. The highest BCUT2D eigenvalue weighted by molar-refractivity contribution is 5.84. The van der Waals surface area contributed by atoms with E-state index < -0.39 is 0 Å². The highest BCUT2D eigenvalue weighted by Crippen LogP contribution is 2.29. The van der Waals surface area contributed by atoms with E-state index in [0.29, 0.717) is 6.10 Å². The summed E-state index contributed by atoms with van der Waals surface area (Å²) >= 11 is 0. The molecule has 0 unspecified atom stereocenters. The van der Waals surface area contributed by atoms with Crippen LogP contribution in [0.5, 0.6) is 5.75 Å². The third kappa shape index (κ3) is 7.89. The molecule has 2 N–H and O–H groups in total. The molecule has 0 spiro atoms. The molecule has 2 aliphatic carbocycles. The Balaban J connectivity index is 0.000000184. The quantitative estimate of drug-likeness (QED) is 0.704. The van der Waals surface area contributed by atoms with E-state index in [4.69, 9.17) is 9.84 Å². The Kier molecular flexibility index (Phi) is 9.84. The minimum Gasteiger partial charge on any atom is -0.488 e. The number of nitrogens with one attached hydrogen (secondary N) is 1. The van der Waals surface area contributed by atoms with Crippen molar-refractivity contribution in [3.63, 3.8) is 0 Å². The summed E-state index contributed by atoms with van der Waals surface area (Å²) in [5.41, 5.74) is 0.979. The van der Waals surface area contributed by atoms with Crippen LogP contribution in [-0.2, 0) is 0 Å². The van der Waals surface area contributed by atoms with Gasteiger partial charge in [-0.25, -0.2) is 0 Å². The van der Waals surface area contributed by atoms with Crippen molar-refractivity contribution in [2.45, 2.75) is 84.0 Å². The third-order valence-electron chi connectivity index (χ3n) is 4.73. The number of ether oxygens (including phenoxy) is 1. The Morgan fingerprint density at radius 3 is 2.39 bits per heavy atom. The lowest BCUT2D eigenvalue weighted by atomic mass is 9.93. The predicted molar refractivity (Wildman–Crippen MR) is 118 cm³/mol. The molecule has 0 amide bonds. The van der Waals surface area contributed by atoms with Gasteiger partial charge in [0, 0.05) is 23.7 Å². The molecule has 0 atom stereocenters. The maximum absolute atomic E-state index is 8.06. The van der Waals surface area contributed by atoms with Crippen LogP contribution in [0.4, 0.5) is 0 Å². The van der Waals surface area contributed by atoms with Crippen molar-refractivity contribution in [2.75, 3.05) is 0 Å². The van der Waals surface area contributed by atoms with Gasteiger partial charge >= 0.3 is 0 Å². The zero-order chi connectivity index (χ0) is 20.2. The third-order valence-corrected chi connectivity index (χ3v) is 4.73. The number of hydrogen-bond acceptors (Lipinski definition) is 4. The van der Waals surface area contributed by atoms with Crippen molar-refractivity contribution in [1.29, 1.82) is 0 Å². The van der Waals surface area contributed by atoms with E-state index >= 15 is 0 Å². The van der Waals surface area contributed by atoms with Gasteiger partial charge in [0.1, 0.15) is 11.3 Å². The van der Waals surface area contributed by atoms with Gasteiger partial charge in [-0.1, -0.05) is 31.2 Å². The highest BCUT2D eigenvalue weighted by atomic mass is 16.5. The molecule has 2 aliphatic rings. The lowest BCUT2D eigenvalue weighted by Gasteiger charge is -2.26. The Labute approximate surface area is 170 Å². The van der Waals surface area contributed by atoms with Crippen molar-refractivity contribution < 1.29 is 9.84 Å². The van der Waals surface area contributed by atoms with Gasteiger partial charge in [0.15, 0.2) is 0 Å². The highest BCUT2D eigenvalue weighted by Gasteiger charge is 2.20. The minimum absolute atomic E-state index is 0.167. The smallest absolute Gasteiger partial charge is 0.145 e. The molecule has 28 heavy (non-hydrogen) atoms. The average Bonchev–Trinajstić information content (AvgIpc) is 2.60. The van der Waals surface area contributed by atoms with Gasteiger partial charge in [-0.05, 0) is 77.1 Å². The Morgan fingerprint density at radius 1 is 1.14 bits per heavy atom. The number of rotatable bonds is 5. The van der Waals surface area contributed by atoms with Crippen LogP contribution in [0.1, 0.15) is 65.7 Å². The molecule has 154 valence electrons. The molecule has 4 rings (SSSR count). The molecule has 2 aromatic rings. The number of nitrogens with zero attached hydrogens (tertiary/aromatic N) is 1. The summed E-state index contributed by atoms with van der Waals surface area (Å²) in [5, 5.41) is 12.5. The fourth-order valence-electron chi connectivity index (χ4n) is 2.74. The number of allylic oxidation sites excluding steroid dienone is 1. The largest absolute Gasteiger partial charge is 0.488 e. The summed E-state index contributed by atoms with van der Waals surface area (Å²) in [5.74, 6) is 0.929. The molecular weight excluding hydrogens is 348 g/mol. The van der Waals surface area contributed by atoms with Crippen LogP contribution < -0.4 is 10.1 Å². The summed E-state index contributed by atoms with van der Waals surface area (Å²) in [7, 11) is 0. The average molecular weight is 385 g/mol. The predicted octanol–water partition coefficient (Wildman–Crippen LogP) is 5.61. The van der Waals surface area contributed by atoms with E-state index in [-0.39, 0.29) is 6.10 Å². The van der Waals surface area contributed by atoms with E-state index in [0.717, 1.165) is 29.1 Å². The maximum atomic E-state index is 8.06. The fraction of sp³-hybridized carbons (Fsp3) is 0.542. The topological polar surface area (TPSA) is 54.4 Å². The maximum Gasteiger partial charge on any atom is 0.145 e. The second kappa shape index (κ2) is 12.4. The van der Waals surface area contributed by atoms with Crippen molar-refractivity contribution in [1.82, 2.24) is 10.3 Å². The van der Waals surface area contributed by atoms with Crippen LogP contribution in [0, 0.1) is 0 Å². The molecule has 4 heteroatoms. The number of benzene rings is 1. The first kappa shape index (κ1) is 22.2. The molecule has 0 radical (unpaired) electrons.